The molecule has 9 heteroatoms. The van der Waals surface area contributed by atoms with Crippen molar-refractivity contribution in [2.24, 2.45) is 17.8 Å². The van der Waals surface area contributed by atoms with Crippen molar-refractivity contribution < 1.29 is 24.0 Å². The molecule has 4 atom stereocenters. The largest absolute Gasteiger partial charge is 0.346 e. The third-order valence-corrected chi connectivity index (χ3v) is 7.35. The quantitative estimate of drug-likeness (QED) is 0.209. The molecule has 3 rings (SSSR count). The van der Waals surface area contributed by atoms with Crippen molar-refractivity contribution in [1.82, 2.24) is 16.0 Å². The molecule has 1 aliphatic heterocycles. The molecule has 0 radical (unpaired) electrons. The van der Waals surface area contributed by atoms with Crippen molar-refractivity contribution in [1.29, 1.82) is 0 Å². The minimum Gasteiger partial charge on any atom is -0.346 e. The summed E-state index contributed by atoms with van der Waals surface area (Å²) >= 11 is 5.91. The smallest absolute Gasteiger partial charge is 0.244 e. The van der Waals surface area contributed by atoms with Crippen LogP contribution < -0.4 is 16.0 Å². The number of Topliss-reactive ketones (excluding diaryl/α,β-unsaturated/α-hetero) is 1. The van der Waals surface area contributed by atoms with E-state index in [0.717, 1.165) is 11.1 Å². The van der Waals surface area contributed by atoms with Gasteiger partial charge in [0.25, 0.3) is 0 Å². The van der Waals surface area contributed by atoms with Gasteiger partial charge >= 0.3 is 0 Å². The number of carbonyl (C=O) groups is 5. The maximum absolute atomic E-state index is 13.5. The zero-order chi connectivity index (χ0) is 28.5. The number of benzene rings is 2. The van der Waals surface area contributed by atoms with Crippen molar-refractivity contribution >= 4 is 47.1 Å². The molecule has 1 saturated heterocycles. The second-order valence-electron chi connectivity index (χ2n) is 9.70. The van der Waals surface area contributed by atoms with E-state index < -0.39 is 53.3 Å². The lowest BCUT2D eigenvalue weighted by molar-refractivity contribution is -0.138. The fourth-order valence-corrected chi connectivity index (χ4v) is 4.89. The van der Waals surface area contributed by atoms with Gasteiger partial charge < -0.3 is 10.6 Å². The minimum atomic E-state index is -1.15. The first-order chi connectivity index (χ1) is 18.6. The molecular formula is C30H34ClN3O5. The van der Waals surface area contributed by atoms with E-state index in [1.165, 1.54) is 13.0 Å². The van der Waals surface area contributed by atoms with Crippen molar-refractivity contribution in [3.05, 3.63) is 76.8 Å². The predicted molar refractivity (Wildman–Crippen MR) is 149 cm³/mol. The molecule has 4 amide bonds. The number of carbonyl (C=O) groups excluding carboxylic acids is 5. The second-order valence-corrected chi connectivity index (χ2v) is 10.1. The summed E-state index contributed by atoms with van der Waals surface area (Å²) in [6, 6.07) is 14.5. The van der Waals surface area contributed by atoms with Gasteiger partial charge in [-0.05, 0) is 35.3 Å². The maximum atomic E-state index is 13.5. The first kappa shape index (κ1) is 29.8. The molecule has 0 aromatic heterocycles. The fraction of sp³-hybridized carbons (Fsp3) is 0.367. The molecule has 1 unspecified atom stereocenters. The van der Waals surface area contributed by atoms with Gasteiger partial charge in [-0.25, -0.2) is 0 Å². The lowest BCUT2D eigenvalue weighted by atomic mass is 9.82. The number of amides is 4. The van der Waals surface area contributed by atoms with E-state index in [2.05, 4.69) is 16.0 Å². The van der Waals surface area contributed by atoms with Crippen LogP contribution in [0, 0.1) is 17.8 Å². The Morgan fingerprint density at radius 2 is 1.59 bits per heavy atom. The van der Waals surface area contributed by atoms with E-state index in [4.69, 9.17) is 11.6 Å². The lowest BCUT2D eigenvalue weighted by Crippen LogP contribution is -2.50. The van der Waals surface area contributed by atoms with Crippen LogP contribution in [-0.4, -0.2) is 35.5 Å². The first-order valence-corrected chi connectivity index (χ1v) is 13.5. The number of rotatable bonds is 12. The molecular weight excluding hydrogens is 518 g/mol. The van der Waals surface area contributed by atoms with Crippen molar-refractivity contribution in [3.8, 4) is 0 Å². The SMILES string of the molecule is CCC(CC)C(NC(=O)C[C@H](NC(=O)/C=C/c1ccc(Cl)cc1)c1ccccc1)C(=O)[C@@H]1C(=O)NC(=O)[C@H]1C. The molecule has 1 heterocycles. The fourth-order valence-electron chi connectivity index (χ4n) is 4.76. The van der Waals surface area contributed by atoms with Crippen molar-refractivity contribution in [2.75, 3.05) is 0 Å². The molecule has 0 spiro atoms. The highest BCUT2D eigenvalue weighted by Gasteiger charge is 2.46. The summed E-state index contributed by atoms with van der Waals surface area (Å²) in [5, 5.41) is 8.50. The molecule has 0 aliphatic carbocycles. The predicted octanol–water partition coefficient (Wildman–Crippen LogP) is 4.00. The Kier molecular flexibility index (Phi) is 10.6. The molecule has 0 saturated carbocycles. The summed E-state index contributed by atoms with van der Waals surface area (Å²) in [7, 11) is 0. The third kappa shape index (κ3) is 7.86. The summed E-state index contributed by atoms with van der Waals surface area (Å²) in [5.74, 6) is -4.62. The Morgan fingerprint density at radius 3 is 2.15 bits per heavy atom. The summed E-state index contributed by atoms with van der Waals surface area (Å²) < 4.78 is 0. The summed E-state index contributed by atoms with van der Waals surface area (Å²) in [6.07, 6.45) is 4.09. The van der Waals surface area contributed by atoms with Crippen LogP contribution in [0.2, 0.25) is 5.02 Å². The van der Waals surface area contributed by atoms with Gasteiger partial charge in [0, 0.05) is 11.1 Å². The number of halogens is 1. The van der Waals surface area contributed by atoms with Crippen LogP contribution in [0.15, 0.2) is 60.7 Å². The molecule has 1 fully saturated rings. The van der Waals surface area contributed by atoms with Gasteiger partial charge in [-0.15, -0.1) is 0 Å². The summed E-state index contributed by atoms with van der Waals surface area (Å²) in [4.78, 5) is 63.9. The molecule has 39 heavy (non-hydrogen) atoms. The monoisotopic (exact) mass is 551 g/mol. The maximum Gasteiger partial charge on any atom is 0.244 e. The second kappa shape index (κ2) is 13.8. The Bertz CT molecular complexity index is 1220. The van der Waals surface area contributed by atoms with E-state index in [1.807, 2.05) is 32.0 Å². The van der Waals surface area contributed by atoms with Gasteiger partial charge in [-0.2, -0.15) is 0 Å². The van der Waals surface area contributed by atoms with Crippen LogP contribution in [-0.2, 0) is 24.0 Å². The Morgan fingerprint density at radius 1 is 0.949 bits per heavy atom. The van der Waals surface area contributed by atoms with Crippen LogP contribution in [0.5, 0.6) is 0 Å². The van der Waals surface area contributed by atoms with Crippen LogP contribution >= 0.6 is 11.6 Å². The first-order valence-electron chi connectivity index (χ1n) is 13.1. The molecule has 206 valence electrons. The molecule has 0 bridgehead atoms. The molecule has 2 aromatic carbocycles. The standard InChI is InChI=1S/C30H34ClN3O5/c1-4-20(5-2)27(28(37)26-18(3)29(38)34-30(26)39)33-25(36)17-23(21-9-7-6-8-10-21)32-24(35)16-13-19-11-14-22(31)15-12-19/h6-16,18,20,23,26-27H,4-5,17H2,1-3H3,(H,32,35)(H,33,36)(H,34,38,39)/b16-13+/t18-,23-,26+,27?/m0/s1. The average Bonchev–Trinajstić information content (AvgIpc) is 3.18. The van der Waals surface area contributed by atoms with Gasteiger partial charge in [-0.3, -0.25) is 29.3 Å². The highest BCUT2D eigenvalue weighted by molar-refractivity contribution is 6.30. The van der Waals surface area contributed by atoms with E-state index >= 15 is 0 Å². The van der Waals surface area contributed by atoms with Crippen LogP contribution in [0.25, 0.3) is 6.08 Å². The zero-order valence-corrected chi connectivity index (χ0v) is 23.0. The normalized spacial score (nSPS) is 18.6. The van der Waals surface area contributed by atoms with Gasteiger partial charge in [0.05, 0.1) is 24.4 Å². The number of nitrogens with one attached hydrogen (secondary N) is 3. The Labute approximate surface area is 233 Å². The van der Waals surface area contributed by atoms with Gasteiger partial charge in [-0.1, -0.05) is 87.7 Å². The molecule has 8 nitrogen and oxygen atoms in total. The van der Waals surface area contributed by atoms with E-state index in [0.29, 0.717) is 17.9 Å². The van der Waals surface area contributed by atoms with Crippen molar-refractivity contribution in [2.45, 2.75) is 52.1 Å². The van der Waals surface area contributed by atoms with Crippen LogP contribution in [0.3, 0.4) is 0 Å². The highest BCUT2D eigenvalue weighted by atomic mass is 35.5. The number of hydrogen-bond donors (Lipinski definition) is 3. The van der Waals surface area contributed by atoms with E-state index in [1.54, 1.807) is 42.5 Å². The topological polar surface area (TPSA) is 121 Å². The van der Waals surface area contributed by atoms with Gasteiger partial charge in [0.1, 0.15) is 5.92 Å². The number of ketones is 1. The number of hydrogen-bond acceptors (Lipinski definition) is 5. The summed E-state index contributed by atoms with van der Waals surface area (Å²) in [5.41, 5.74) is 1.51. The Balaban J connectivity index is 1.77. The zero-order valence-electron chi connectivity index (χ0n) is 22.3. The lowest BCUT2D eigenvalue weighted by Gasteiger charge is -2.28. The van der Waals surface area contributed by atoms with Crippen molar-refractivity contribution in [3.63, 3.8) is 0 Å². The number of imide groups is 1. The third-order valence-electron chi connectivity index (χ3n) is 7.10. The van der Waals surface area contributed by atoms with E-state index in [9.17, 15) is 24.0 Å². The van der Waals surface area contributed by atoms with Gasteiger partial charge in [0.15, 0.2) is 5.78 Å². The average molecular weight is 552 g/mol. The summed E-state index contributed by atoms with van der Waals surface area (Å²) in [6.45, 7) is 5.35. The minimum absolute atomic E-state index is 0.125. The van der Waals surface area contributed by atoms with Crippen LogP contribution in [0.4, 0.5) is 0 Å². The van der Waals surface area contributed by atoms with Crippen LogP contribution in [0.1, 0.15) is 57.2 Å². The molecule has 2 aromatic rings. The van der Waals surface area contributed by atoms with E-state index in [-0.39, 0.29) is 12.3 Å². The van der Waals surface area contributed by atoms with Gasteiger partial charge in [0.2, 0.25) is 23.6 Å². The highest BCUT2D eigenvalue weighted by Crippen LogP contribution is 2.26. The molecule has 3 N–H and O–H groups in total. The Hall–Kier alpha value is -3.78. The molecule has 1 aliphatic rings.